The maximum Gasteiger partial charge on any atom is 0.249 e. The third-order valence-electron chi connectivity index (χ3n) is 5.67. The molecule has 32 heavy (non-hydrogen) atoms. The number of nitrogens with zero attached hydrogens (tertiary/aromatic N) is 1. The second kappa shape index (κ2) is 8.46. The Balaban J connectivity index is 1.85. The van der Waals surface area contributed by atoms with Gasteiger partial charge in [0.15, 0.2) is 0 Å². The zero-order valence-electron chi connectivity index (χ0n) is 19.0. The lowest BCUT2D eigenvalue weighted by atomic mass is 9.85. The Labute approximate surface area is 189 Å². The molecule has 0 radical (unpaired) electrons. The van der Waals surface area contributed by atoms with E-state index >= 15 is 0 Å². The van der Waals surface area contributed by atoms with Gasteiger partial charge in [0.05, 0.1) is 22.2 Å². The standard InChI is InChI=1S/C28H28N2O2/c1-18-15-20(28(2,3)4)13-14-21(18)24-16-25(32-17-19-9-6-5-7-10-19)26-22(27(29)31)11-8-12-23(26)30-24/h5-16H,17H2,1-4H3,(H2,29,31). The summed E-state index contributed by atoms with van der Waals surface area (Å²) in [6, 6.07) is 23.7. The number of carbonyl (C=O) groups excluding carboxylic acids is 1. The van der Waals surface area contributed by atoms with Gasteiger partial charge in [-0.25, -0.2) is 4.98 Å². The smallest absolute Gasteiger partial charge is 0.249 e. The van der Waals surface area contributed by atoms with Crippen LogP contribution in [-0.2, 0) is 12.0 Å². The molecular formula is C28H28N2O2. The fraction of sp³-hybridized carbons (Fsp3) is 0.214. The second-order valence-electron chi connectivity index (χ2n) is 9.12. The van der Waals surface area contributed by atoms with E-state index < -0.39 is 5.91 Å². The molecule has 4 nitrogen and oxygen atoms in total. The molecule has 1 heterocycles. The quantitative estimate of drug-likeness (QED) is 0.416. The van der Waals surface area contributed by atoms with Crippen molar-refractivity contribution in [3.05, 3.63) is 95.1 Å². The van der Waals surface area contributed by atoms with E-state index in [-0.39, 0.29) is 5.41 Å². The molecule has 1 amide bonds. The van der Waals surface area contributed by atoms with Crippen LogP contribution in [0.4, 0.5) is 0 Å². The van der Waals surface area contributed by atoms with Crippen molar-refractivity contribution in [1.82, 2.24) is 4.98 Å². The summed E-state index contributed by atoms with van der Waals surface area (Å²) in [5.74, 6) is 0.1000. The van der Waals surface area contributed by atoms with E-state index in [0.29, 0.717) is 28.8 Å². The van der Waals surface area contributed by atoms with Gasteiger partial charge in [-0.3, -0.25) is 4.79 Å². The predicted molar refractivity (Wildman–Crippen MR) is 130 cm³/mol. The highest BCUT2D eigenvalue weighted by Crippen LogP contribution is 2.35. The first-order chi connectivity index (χ1) is 15.2. The minimum Gasteiger partial charge on any atom is -0.488 e. The summed E-state index contributed by atoms with van der Waals surface area (Å²) in [7, 11) is 0. The highest BCUT2D eigenvalue weighted by atomic mass is 16.5. The van der Waals surface area contributed by atoms with E-state index in [4.69, 9.17) is 15.5 Å². The summed E-state index contributed by atoms with van der Waals surface area (Å²) in [4.78, 5) is 17.0. The average Bonchev–Trinajstić information content (AvgIpc) is 2.76. The van der Waals surface area contributed by atoms with Gasteiger partial charge in [0, 0.05) is 11.6 Å². The SMILES string of the molecule is Cc1cc(C(C)(C)C)ccc1-c1cc(OCc2ccccc2)c2c(C(N)=O)cccc2n1. The van der Waals surface area contributed by atoms with Gasteiger partial charge in [0.1, 0.15) is 12.4 Å². The van der Waals surface area contributed by atoms with Crippen LogP contribution in [0.1, 0.15) is 47.8 Å². The van der Waals surface area contributed by atoms with E-state index in [2.05, 4.69) is 45.9 Å². The number of carbonyl (C=O) groups is 1. The molecule has 1 aromatic heterocycles. The van der Waals surface area contributed by atoms with E-state index in [0.717, 1.165) is 22.4 Å². The van der Waals surface area contributed by atoms with Gasteiger partial charge >= 0.3 is 0 Å². The Bertz CT molecular complexity index is 1290. The number of nitrogens with two attached hydrogens (primary N) is 1. The van der Waals surface area contributed by atoms with Crippen LogP contribution in [0.5, 0.6) is 5.75 Å². The lowest BCUT2D eigenvalue weighted by Gasteiger charge is -2.21. The number of amides is 1. The number of aryl methyl sites for hydroxylation is 1. The van der Waals surface area contributed by atoms with Crippen LogP contribution in [0, 0.1) is 6.92 Å². The second-order valence-corrected chi connectivity index (χ2v) is 9.12. The summed E-state index contributed by atoms with van der Waals surface area (Å²) in [5.41, 5.74) is 12.1. The minimum absolute atomic E-state index is 0.0699. The first-order valence-corrected chi connectivity index (χ1v) is 10.8. The molecule has 4 rings (SSSR count). The summed E-state index contributed by atoms with van der Waals surface area (Å²) in [5, 5.41) is 0.642. The topological polar surface area (TPSA) is 65.2 Å². The summed E-state index contributed by atoms with van der Waals surface area (Å²) in [6.45, 7) is 9.10. The van der Waals surface area contributed by atoms with Crippen molar-refractivity contribution in [3.63, 3.8) is 0 Å². The number of fused-ring (bicyclic) bond motifs is 1. The Morgan fingerprint density at radius 3 is 2.38 bits per heavy atom. The molecule has 3 aromatic carbocycles. The van der Waals surface area contributed by atoms with Crippen molar-refractivity contribution >= 4 is 16.8 Å². The monoisotopic (exact) mass is 424 g/mol. The Hall–Kier alpha value is -3.66. The van der Waals surface area contributed by atoms with Crippen LogP contribution < -0.4 is 10.5 Å². The van der Waals surface area contributed by atoms with Crippen LogP contribution in [0.25, 0.3) is 22.2 Å². The third kappa shape index (κ3) is 4.35. The van der Waals surface area contributed by atoms with Gasteiger partial charge < -0.3 is 10.5 Å². The predicted octanol–water partition coefficient (Wildman–Crippen LogP) is 6.19. The zero-order valence-corrected chi connectivity index (χ0v) is 19.0. The van der Waals surface area contributed by atoms with Crippen molar-refractivity contribution in [2.24, 2.45) is 5.73 Å². The van der Waals surface area contributed by atoms with Gasteiger partial charge in [-0.2, -0.15) is 0 Å². The van der Waals surface area contributed by atoms with E-state index in [1.54, 1.807) is 12.1 Å². The van der Waals surface area contributed by atoms with Gasteiger partial charge in [-0.1, -0.05) is 75.4 Å². The summed E-state index contributed by atoms with van der Waals surface area (Å²) < 4.78 is 6.23. The third-order valence-corrected chi connectivity index (χ3v) is 5.67. The summed E-state index contributed by atoms with van der Waals surface area (Å²) in [6.07, 6.45) is 0. The number of aromatic nitrogens is 1. The number of primary amides is 1. The Morgan fingerprint density at radius 1 is 0.969 bits per heavy atom. The number of hydrogen-bond donors (Lipinski definition) is 1. The van der Waals surface area contributed by atoms with Gasteiger partial charge in [-0.15, -0.1) is 0 Å². The largest absolute Gasteiger partial charge is 0.488 e. The lowest BCUT2D eigenvalue weighted by Crippen LogP contribution is -2.12. The number of benzene rings is 3. The molecule has 0 bridgehead atoms. The minimum atomic E-state index is -0.500. The van der Waals surface area contributed by atoms with Crippen LogP contribution in [0.15, 0.2) is 72.8 Å². The lowest BCUT2D eigenvalue weighted by molar-refractivity contribution is 0.100. The first-order valence-electron chi connectivity index (χ1n) is 10.8. The highest BCUT2D eigenvalue weighted by molar-refractivity contribution is 6.08. The molecule has 0 aliphatic heterocycles. The molecule has 162 valence electrons. The molecule has 0 spiro atoms. The molecule has 4 heteroatoms. The molecule has 0 saturated heterocycles. The Morgan fingerprint density at radius 2 is 1.72 bits per heavy atom. The molecule has 0 unspecified atom stereocenters. The van der Waals surface area contributed by atoms with Gasteiger partial charge in [-0.05, 0) is 41.2 Å². The van der Waals surface area contributed by atoms with Gasteiger partial charge in [0.2, 0.25) is 5.91 Å². The van der Waals surface area contributed by atoms with Crippen LogP contribution in [0.2, 0.25) is 0 Å². The van der Waals surface area contributed by atoms with E-state index in [1.165, 1.54) is 5.56 Å². The normalized spacial score (nSPS) is 11.5. The number of hydrogen-bond acceptors (Lipinski definition) is 3. The molecule has 0 aliphatic rings. The van der Waals surface area contributed by atoms with Crippen LogP contribution in [-0.4, -0.2) is 10.9 Å². The number of pyridine rings is 1. The Kier molecular flexibility index (Phi) is 5.70. The molecule has 4 aromatic rings. The average molecular weight is 425 g/mol. The molecule has 0 fully saturated rings. The van der Waals surface area contributed by atoms with E-state index in [1.807, 2.05) is 42.5 Å². The highest BCUT2D eigenvalue weighted by Gasteiger charge is 2.18. The zero-order chi connectivity index (χ0) is 22.9. The first kappa shape index (κ1) is 21.6. The summed E-state index contributed by atoms with van der Waals surface area (Å²) >= 11 is 0. The molecule has 0 atom stereocenters. The fourth-order valence-corrected chi connectivity index (χ4v) is 3.86. The molecule has 2 N–H and O–H groups in total. The maximum atomic E-state index is 12.1. The van der Waals surface area contributed by atoms with Crippen molar-refractivity contribution in [2.45, 2.75) is 39.7 Å². The molecular weight excluding hydrogens is 396 g/mol. The number of ether oxygens (including phenoxy) is 1. The molecule has 0 saturated carbocycles. The van der Waals surface area contributed by atoms with Crippen molar-refractivity contribution < 1.29 is 9.53 Å². The van der Waals surface area contributed by atoms with Crippen LogP contribution in [0.3, 0.4) is 0 Å². The number of rotatable bonds is 5. The van der Waals surface area contributed by atoms with Crippen molar-refractivity contribution in [1.29, 1.82) is 0 Å². The van der Waals surface area contributed by atoms with Crippen molar-refractivity contribution in [3.8, 4) is 17.0 Å². The van der Waals surface area contributed by atoms with Crippen molar-refractivity contribution in [2.75, 3.05) is 0 Å². The fourth-order valence-electron chi connectivity index (χ4n) is 3.86. The maximum absolute atomic E-state index is 12.1. The molecule has 0 aliphatic carbocycles. The van der Waals surface area contributed by atoms with E-state index in [9.17, 15) is 4.79 Å². The van der Waals surface area contributed by atoms with Gasteiger partial charge in [0.25, 0.3) is 0 Å². The van der Waals surface area contributed by atoms with Crippen LogP contribution >= 0.6 is 0 Å².